The summed E-state index contributed by atoms with van der Waals surface area (Å²) in [7, 11) is 0. The number of rotatable bonds is 5. The third kappa shape index (κ3) is 4.39. The van der Waals surface area contributed by atoms with Crippen LogP contribution < -0.4 is 0 Å². The normalized spacial score (nSPS) is 19.8. The van der Waals surface area contributed by atoms with E-state index in [9.17, 15) is 0 Å². The van der Waals surface area contributed by atoms with E-state index in [-0.39, 0.29) is 0 Å². The van der Waals surface area contributed by atoms with Gasteiger partial charge in [-0.3, -0.25) is 0 Å². The van der Waals surface area contributed by atoms with Crippen molar-refractivity contribution in [2.24, 2.45) is 5.92 Å². The molecule has 1 rings (SSSR count). The standard InChI is InChI=1S/C11H22S/c1-2-9-12-10-8-11-6-4-3-5-7-11/h11H,2-10H2,1H3. The van der Waals surface area contributed by atoms with Crippen molar-refractivity contribution < 1.29 is 0 Å². The van der Waals surface area contributed by atoms with Gasteiger partial charge in [-0.1, -0.05) is 39.0 Å². The van der Waals surface area contributed by atoms with Crippen LogP contribution in [0.2, 0.25) is 0 Å². The molecule has 1 aliphatic rings. The lowest BCUT2D eigenvalue weighted by Crippen LogP contribution is -2.06. The molecule has 1 aliphatic carbocycles. The van der Waals surface area contributed by atoms with E-state index in [1.54, 1.807) is 0 Å². The van der Waals surface area contributed by atoms with Crippen LogP contribution in [0.3, 0.4) is 0 Å². The van der Waals surface area contributed by atoms with Gasteiger partial charge in [0.05, 0.1) is 0 Å². The third-order valence-electron chi connectivity index (χ3n) is 2.74. The first kappa shape index (κ1) is 10.4. The Kier molecular flexibility index (Phi) is 5.93. The second kappa shape index (κ2) is 6.82. The van der Waals surface area contributed by atoms with Crippen molar-refractivity contribution in [3.63, 3.8) is 0 Å². The smallest absolute Gasteiger partial charge is 0.00649 e. The van der Waals surface area contributed by atoms with Gasteiger partial charge in [-0.25, -0.2) is 0 Å². The molecule has 0 aromatic heterocycles. The van der Waals surface area contributed by atoms with Crippen molar-refractivity contribution in [1.29, 1.82) is 0 Å². The molecule has 1 fully saturated rings. The Morgan fingerprint density at radius 3 is 2.50 bits per heavy atom. The van der Waals surface area contributed by atoms with E-state index in [1.807, 2.05) is 0 Å². The minimum atomic E-state index is 1.09. The Morgan fingerprint density at radius 1 is 1.08 bits per heavy atom. The van der Waals surface area contributed by atoms with E-state index in [4.69, 9.17) is 0 Å². The average Bonchev–Trinajstić information content (AvgIpc) is 2.14. The van der Waals surface area contributed by atoms with Gasteiger partial charge in [0.15, 0.2) is 0 Å². The van der Waals surface area contributed by atoms with Gasteiger partial charge in [0.25, 0.3) is 0 Å². The minimum absolute atomic E-state index is 1.09. The van der Waals surface area contributed by atoms with Crippen LogP contribution >= 0.6 is 11.8 Å². The van der Waals surface area contributed by atoms with E-state index < -0.39 is 0 Å². The van der Waals surface area contributed by atoms with Crippen LogP contribution in [0.5, 0.6) is 0 Å². The van der Waals surface area contributed by atoms with Crippen molar-refractivity contribution >= 4 is 11.8 Å². The van der Waals surface area contributed by atoms with Gasteiger partial charge in [-0.15, -0.1) is 0 Å². The van der Waals surface area contributed by atoms with Gasteiger partial charge >= 0.3 is 0 Å². The lowest BCUT2D eigenvalue weighted by molar-refractivity contribution is 0.351. The third-order valence-corrected chi connectivity index (χ3v) is 3.96. The van der Waals surface area contributed by atoms with Crippen molar-refractivity contribution in [3.8, 4) is 0 Å². The molecule has 0 atom stereocenters. The number of thioether (sulfide) groups is 1. The van der Waals surface area contributed by atoms with Gasteiger partial charge in [0.1, 0.15) is 0 Å². The molecule has 0 unspecified atom stereocenters. The van der Waals surface area contributed by atoms with E-state index in [2.05, 4.69) is 18.7 Å². The molecule has 1 saturated carbocycles. The highest BCUT2D eigenvalue weighted by Gasteiger charge is 2.12. The molecule has 72 valence electrons. The first-order valence-corrected chi connectivity index (χ1v) is 6.66. The zero-order valence-corrected chi connectivity index (χ0v) is 9.17. The van der Waals surface area contributed by atoms with Gasteiger partial charge < -0.3 is 0 Å². The SMILES string of the molecule is CCCSCCC1CCCCC1. The van der Waals surface area contributed by atoms with Crippen LogP contribution in [0.4, 0.5) is 0 Å². The van der Waals surface area contributed by atoms with E-state index in [0.29, 0.717) is 0 Å². The van der Waals surface area contributed by atoms with Crippen LogP contribution in [0.1, 0.15) is 51.9 Å². The summed E-state index contributed by atoms with van der Waals surface area (Å²) >= 11 is 2.15. The summed E-state index contributed by atoms with van der Waals surface area (Å²) in [5, 5.41) is 0. The first-order chi connectivity index (χ1) is 5.93. The zero-order valence-electron chi connectivity index (χ0n) is 8.35. The molecule has 0 N–H and O–H groups in total. The Morgan fingerprint density at radius 2 is 1.83 bits per heavy atom. The molecule has 0 radical (unpaired) electrons. The summed E-state index contributed by atoms with van der Waals surface area (Å²) in [6, 6.07) is 0. The van der Waals surface area contributed by atoms with Gasteiger partial charge in [-0.05, 0) is 30.3 Å². The molecule has 0 amide bonds. The second-order valence-electron chi connectivity index (χ2n) is 3.91. The molecule has 0 aliphatic heterocycles. The second-order valence-corrected chi connectivity index (χ2v) is 5.13. The number of hydrogen-bond donors (Lipinski definition) is 0. The Bertz CT molecular complexity index is 95.2. The lowest BCUT2D eigenvalue weighted by atomic mass is 9.88. The average molecular weight is 186 g/mol. The molecule has 0 saturated heterocycles. The maximum atomic E-state index is 2.27. The van der Waals surface area contributed by atoms with E-state index >= 15 is 0 Å². The highest BCUT2D eigenvalue weighted by Crippen LogP contribution is 2.27. The molecule has 1 heteroatoms. The zero-order chi connectivity index (χ0) is 8.65. The fourth-order valence-corrected chi connectivity index (χ4v) is 2.97. The highest BCUT2D eigenvalue weighted by molar-refractivity contribution is 7.99. The van der Waals surface area contributed by atoms with Gasteiger partial charge in [0, 0.05) is 0 Å². The molecule has 0 bridgehead atoms. The summed E-state index contributed by atoms with van der Waals surface area (Å²) < 4.78 is 0. The summed E-state index contributed by atoms with van der Waals surface area (Å²) in [6.45, 7) is 2.27. The van der Waals surface area contributed by atoms with Crippen molar-refractivity contribution in [2.45, 2.75) is 51.9 Å². The Balaban J connectivity index is 1.91. The Hall–Kier alpha value is 0.350. The molecule has 0 spiro atoms. The molecular weight excluding hydrogens is 164 g/mol. The summed E-state index contributed by atoms with van der Waals surface area (Å²) in [4.78, 5) is 0. The van der Waals surface area contributed by atoms with Crippen LogP contribution in [0.25, 0.3) is 0 Å². The van der Waals surface area contributed by atoms with E-state index in [0.717, 1.165) is 5.92 Å². The molecule has 0 aromatic carbocycles. The van der Waals surface area contributed by atoms with Crippen LogP contribution in [-0.2, 0) is 0 Å². The molecule has 12 heavy (non-hydrogen) atoms. The largest absolute Gasteiger partial charge is 0.162 e. The van der Waals surface area contributed by atoms with Gasteiger partial charge in [-0.2, -0.15) is 11.8 Å². The first-order valence-electron chi connectivity index (χ1n) is 5.51. The summed E-state index contributed by atoms with van der Waals surface area (Å²) in [6.07, 6.45) is 10.4. The molecule has 0 heterocycles. The topological polar surface area (TPSA) is 0 Å². The van der Waals surface area contributed by atoms with E-state index in [1.165, 1.54) is 56.5 Å². The van der Waals surface area contributed by atoms with Crippen LogP contribution in [0, 0.1) is 5.92 Å². The fourth-order valence-electron chi connectivity index (χ4n) is 1.97. The van der Waals surface area contributed by atoms with Gasteiger partial charge in [0.2, 0.25) is 0 Å². The molecule has 0 nitrogen and oxygen atoms in total. The Labute approximate surface area is 81.5 Å². The predicted octanol–water partition coefficient (Wildman–Crippen LogP) is 4.10. The highest BCUT2D eigenvalue weighted by atomic mass is 32.2. The van der Waals surface area contributed by atoms with Crippen LogP contribution in [0.15, 0.2) is 0 Å². The molecule has 0 aromatic rings. The quantitative estimate of drug-likeness (QED) is 0.582. The minimum Gasteiger partial charge on any atom is -0.162 e. The predicted molar refractivity (Wildman–Crippen MR) is 58.8 cm³/mol. The monoisotopic (exact) mass is 186 g/mol. The summed E-state index contributed by atoms with van der Waals surface area (Å²) in [5.41, 5.74) is 0. The lowest BCUT2D eigenvalue weighted by Gasteiger charge is -2.20. The number of hydrogen-bond acceptors (Lipinski definition) is 1. The summed E-state index contributed by atoms with van der Waals surface area (Å²) in [5.74, 6) is 3.87. The molecular formula is C11H22S. The van der Waals surface area contributed by atoms with Crippen LogP contribution in [-0.4, -0.2) is 11.5 Å². The maximum absolute atomic E-state index is 2.27. The fraction of sp³-hybridized carbons (Fsp3) is 1.00. The maximum Gasteiger partial charge on any atom is -0.00649 e. The van der Waals surface area contributed by atoms with Crippen molar-refractivity contribution in [2.75, 3.05) is 11.5 Å². The van der Waals surface area contributed by atoms with Crippen molar-refractivity contribution in [3.05, 3.63) is 0 Å². The van der Waals surface area contributed by atoms with Crippen molar-refractivity contribution in [1.82, 2.24) is 0 Å².